The molecule has 1 aromatic heterocycles. The van der Waals surface area contributed by atoms with Gasteiger partial charge in [-0.3, -0.25) is 4.79 Å². The topological polar surface area (TPSA) is 55.0 Å². The van der Waals surface area contributed by atoms with Crippen LogP contribution < -0.4 is 10.3 Å². The van der Waals surface area contributed by atoms with E-state index in [2.05, 4.69) is 22.0 Å². The van der Waals surface area contributed by atoms with E-state index in [1.54, 1.807) is 17.6 Å². The predicted octanol–water partition coefficient (Wildman–Crippen LogP) is 4.89. The van der Waals surface area contributed by atoms with Crippen molar-refractivity contribution in [3.05, 3.63) is 97.4 Å². The van der Waals surface area contributed by atoms with Crippen molar-refractivity contribution in [1.82, 2.24) is 4.57 Å². The molecule has 0 N–H and O–H groups in total. The minimum absolute atomic E-state index is 0.131. The lowest BCUT2D eigenvalue weighted by Gasteiger charge is -2.15. The molecular formula is C22H17BrF2N2O2. The number of rotatable bonds is 6. The standard InChI is InChI=1S/C22H17BrF2N2O2/c1-14-10-20(29-13-17-6-7-18(24)11-19(17)25)21(23)22(28)27(14)12-16-4-2-15(3-5-16)8-9-26/h2-7,10-11H,8,12-13H2,1H3. The van der Waals surface area contributed by atoms with Gasteiger partial charge in [-0.1, -0.05) is 24.3 Å². The molecule has 0 radical (unpaired) electrons. The maximum Gasteiger partial charge on any atom is 0.269 e. The minimum Gasteiger partial charge on any atom is -0.487 e. The Labute approximate surface area is 175 Å². The molecule has 7 heteroatoms. The second-order valence-electron chi connectivity index (χ2n) is 6.53. The Morgan fingerprint density at radius 1 is 1.10 bits per heavy atom. The minimum atomic E-state index is -0.703. The van der Waals surface area contributed by atoms with Gasteiger partial charge in [-0.15, -0.1) is 0 Å². The Hall–Kier alpha value is -2.98. The number of hydrogen-bond donors (Lipinski definition) is 0. The second-order valence-corrected chi connectivity index (χ2v) is 7.32. The molecule has 0 aliphatic carbocycles. The SMILES string of the molecule is Cc1cc(OCc2ccc(F)cc2F)c(Br)c(=O)n1Cc1ccc(CC#N)cc1. The fourth-order valence-electron chi connectivity index (χ4n) is 2.85. The lowest BCUT2D eigenvalue weighted by Crippen LogP contribution is -2.24. The summed E-state index contributed by atoms with van der Waals surface area (Å²) in [5, 5.41) is 8.75. The molecule has 3 aromatic rings. The van der Waals surface area contributed by atoms with Crippen molar-refractivity contribution in [2.24, 2.45) is 0 Å². The van der Waals surface area contributed by atoms with Crippen LogP contribution in [0.15, 0.2) is 57.8 Å². The number of benzene rings is 2. The van der Waals surface area contributed by atoms with E-state index in [0.29, 0.717) is 18.7 Å². The molecule has 148 valence electrons. The molecule has 0 amide bonds. The van der Waals surface area contributed by atoms with E-state index in [-0.39, 0.29) is 28.0 Å². The molecule has 0 aliphatic rings. The first-order chi connectivity index (χ1) is 13.9. The second kappa shape index (κ2) is 9.01. The van der Waals surface area contributed by atoms with Crippen LogP contribution in [0.2, 0.25) is 0 Å². The third-order valence-electron chi connectivity index (χ3n) is 4.46. The number of nitrogens with zero attached hydrogens (tertiary/aromatic N) is 2. The first-order valence-corrected chi connectivity index (χ1v) is 9.59. The maximum absolute atomic E-state index is 13.8. The summed E-state index contributed by atoms with van der Waals surface area (Å²) in [7, 11) is 0. The van der Waals surface area contributed by atoms with Crippen LogP contribution in [0.4, 0.5) is 8.78 Å². The maximum atomic E-state index is 13.8. The van der Waals surface area contributed by atoms with Crippen LogP contribution in [0.5, 0.6) is 5.75 Å². The average molecular weight is 459 g/mol. The van der Waals surface area contributed by atoms with E-state index in [1.165, 1.54) is 6.07 Å². The molecule has 0 atom stereocenters. The summed E-state index contributed by atoms with van der Waals surface area (Å²) in [6, 6.07) is 14.5. The molecule has 29 heavy (non-hydrogen) atoms. The predicted molar refractivity (Wildman–Crippen MR) is 109 cm³/mol. The molecule has 0 saturated carbocycles. The van der Waals surface area contributed by atoms with Crippen molar-refractivity contribution in [2.45, 2.75) is 26.5 Å². The largest absolute Gasteiger partial charge is 0.487 e. The molecule has 0 saturated heterocycles. The number of pyridine rings is 1. The zero-order chi connectivity index (χ0) is 21.0. The molecule has 0 aliphatic heterocycles. The summed E-state index contributed by atoms with van der Waals surface area (Å²) in [5.74, 6) is -1.07. The number of ether oxygens (including phenoxy) is 1. The quantitative estimate of drug-likeness (QED) is 0.528. The van der Waals surface area contributed by atoms with Crippen molar-refractivity contribution >= 4 is 15.9 Å². The van der Waals surface area contributed by atoms with Crippen molar-refractivity contribution in [3.8, 4) is 11.8 Å². The van der Waals surface area contributed by atoms with Crippen LogP contribution in [-0.4, -0.2) is 4.57 Å². The van der Waals surface area contributed by atoms with Crippen molar-refractivity contribution < 1.29 is 13.5 Å². The molecule has 2 aromatic carbocycles. The van der Waals surface area contributed by atoms with Gasteiger partial charge in [-0.25, -0.2) is 8.78 Å². The number of aryl methyl sites for hydroxylation is 1. The Kier molecular flexibility index (Phi) is 6.45. The van der Waals surface area contributed by atoms with Crippen LogP contribution in [0.1, 0.15) is 22.4 Å². The summed E-state index contributed by atoms with van der Waals surface area (Å²) in [6.45, 7) is 2.01. The summed E-state index contributed by atoms with van der Waals surface area (Å²) in [5.41, 5.74) is 2.43. The van der Waals surface area contributed by atoms with Crippen LogP contribution in [-0.2, 0) is 19.6 Å². The zero-order valence-corrected chi connectivity index (χ0v) is 17.2. The smallest absolute Gasteiger partial charge is 0.269 e. The van der Waals surface area contributed by atoms with Crippen molar-refractivity contribution in [2.75, 3.05) is 0 Å². The van der Waals surface area contributed by atoms with E-state index in [0.717, 1.165) is 23.3 Å². The molecule has 0 spiro atoms. The van der Waals surface area contributed by atoms with E-state index >= 15 is 0 Å². The number of nitriles is 1. The zero-order valence-electron chi connectivity index (χ0n) is 15.6. The number of hydrogen-bond acceptors (Lipinski definition) is 3. The van der Waals surface area contributed by atoms with E-state index in [9.17, 15) is 13.6 Å². The Morgan fingerprint density at radius 3 is 2.45 bits per heavy atom. The van der Waals surface area contributed by atoms with Crippen LogP contribution in [0, 0.1) is 29.9 Å². The van der Waals surface area contributed by atoms with E-state index < -0.39 is 11.6 Å². The Balaban J connectivity index is 1.80. The lowest BCUT2D eigenvalue weighted by molar-refractivity contribution is 0.296. The highest BCUT2D eigenvalue weighted by Crippen LogP contribution is 2.24. The monoisotopic (exact) mass is 458 g/mol. The highest BCUT2D eigenvalue weighted by molar-refractivity contribution is 9.10. The van der Waals surface area contributed by atoms with E-state index in [4.69, 9.17) is 10.00 Å². The van der Waals surface area contributed by atoms with Crippen molar-refractivity contribution in [3.63, 3.8) is 0 Å². The van der Waals surface area contributed by atoms with Crippen LogP contribution >= 0.6 is 15.9 Å². The van der Waals surface area contributed by atoms with Crippen LogP contribution in [0.25, 0.3) is 0 Å². The lowest BCUT2D eigenvalue weighted by atomic mass is 10.1. The van der Waals surface area contributed by atoms with Crippen LogP contribution in [0.3, 0.4) is 0 Å². The third kappa shape index (κ3) is 4.90. The highest BCUT2D eigenvalue weighted by atomic mass is 79.9. The summed E-state index contributed by atoms with van der Waals surface area (Å²) >= 11 is 3.27. The Bertz CT molecular complexity index is 1140. The van der Waals surface area contributed by atoms with Gasteiger partial charge in [-0.05, 0) is 46.1 Å². The first-order valence-electron chi connectivity index (χ1n) is 8.80. The van der Waals surface area contributed by atoms with Crippen molar-refractivity contribution in [1.29, 1.82) is 5.26 Å². The Morgan fingerprint density at radius 2 is 1.79 bits per heavy atom. The molecule has 0 fully saturated rings. The molecule has 4 nitrogen and oxygen atoms in total. The normalized spacial score (nSPS) is 10.6. The van der Waals surface area contributed by atoms with Gasteiger partial charge in [0, 0.05) is 23.4 Å². The molecule has 1 heterocycles. The van der Waals surface area contributed by atoms with E-state index in [1.807, 2.05) is 24.3 Å². The summed E-state index contributed by atoms with van der Waals surface area (Å²) in [4.78, 5) is 12.8. The molecule has 3 rings (SSSR count). The van der Waals surface area contributed by atoms with Gasteiger partial charge in [0.05, 0.1) is 19.0 Å². The fourth-order valence-corrected chi connectivity index (χ4v) is 3.29. The van der Waals surface area contributed by atoms with Gasteiger partial charge in [-0.2, -0.15) is 5.26 Å². The van der Waals surface area contributed by atoms with Gasteiger partial charge in [0.1, 0.15) is 28.5 Å². The molecule has 0 unspecified atom stereocenters. The average Bonchev–Trinajstić information content (AvgIpc) is 2.69. The summed E-state index contributed by atoms with van der Waals surface area (Å²) < 4.78 is 34.2. The number of halogens is 3. The molecule has 0 bridgehead atoms. The third-order valence-corrected chi connectivity index (χ3v) is 5.19. The fraction of sp³-hybridized carbons (Fsp3) is 0.182. The first kappa shape index (κ1) is 20.7. The van der Waals surface area contributed by atoms with Gasteiger partial charge < -0.3 is 9.30 Å². The molecular weight excluding hydrogens is 442 g/mol. The number of aromatic nitrogens is 1. The summed E-state index contributed by atoms with van der Waals surface area (Å²) in [6.07, 6.45) is 0.339. The highest BCUT2D eigenvalue weighted by Gasteiger charge is 2.14. The van der Waals surface area contributed by atoms with Gasteiger partial charge in [0.25, 0.3) is 5.56 Å². The van der Waals surface area contributed by atoms with Gasteiger partial charge in [0.15, 0.2) is 0 Å². The van der Waals surface area contributed by atoms with Gasteiger partial charge in [0.2, 0.25) is 0 Å². The van der Waals surface area contributed by atoms with Gasteiger partial charge >= 0.3 is 0 Å².